The van der Waals surface area contributed by atoms with Crippen LogP contribution in [-0.4, -0.2) is 29.0 Å². The predicted molar refractivity (Wildman–Crippen MR) is 114 cm³/mol. The van der Waals surface area contributed by atoms with E-state index in [1.165, 1.54) is 24.3 Å². The van der Waals surface area contributed by atoms with Gasteiger partial charge in [-0.3, -0.25) is 0 Å². The van der Waals surface area contributed by atoms with Crippen molar-refractivity contribution in [3.8, 4) is 5.75 Å². The summed E-state index contributed by atoms with van der Waals surface area (Å²) in [6.07, 6.45) is 4.06. The molecule has 0 heterocycles. The molecule has 1 atom stereocenters. The number of ether oxygens (including phenoxy) is 2. The Balaban J connectivity index is 1.93. The second-order valence-corrected chi connectivity index (χ2v) is 9.38. The number of alkyl carbamates (subject to hydrolysis) is 1. The van der Waals surface area contributed by atoms with Crippen molar-refractivity contribution < 1.29 is 30.3 Å². The zero-order chi connectivity index (χ0) is 28.1. The van der Waals surface area contributed by atoms with E-state index in [1.807, 2.05) is 0 Å². The lowest BCUT2D eigenvalue weighted by molar-refractivity contribution is 0.0160. The Bertz CT molecular complexity index is 933. The molecular formula is C24H37NO4. The summed E-state index contributed by atoms with van der Waals surface area (Å²) in [5, 5.41) is 13.4. The standard InChI is InChI=1S/C24H37NO4/c1-22(2,3)29-21(26)25-20(23(4,5)27)18-6-8-19(9-7-18)28-16-24-13-10-17(11-14-24)12-15-24/h6-9,17,20,27H,10-16H2,1-5H3,(H,25,26)/i4D3,5D3,16D2. The molecule has 162 valence electrons. The molecule has 0 radical (unpaired) electrons. The molecule has 0 spiro atoms. The summed E-state index contributed by atoms with van der Waals surface area (Å²) in [7, 11) is 0. The Morgan fingerprint density at radius 3 is 2.34 bits per heavy atom. The van der Waals surface area contributed by atoms with Crippen LogP contribution >= 0.6 is 0 Å². The normalized spacial score (nSPS) is 30.8. The molecule has 0 saturated heterocycles. The quantitative estimate of drug-likeness (QED) is 0.660. The van der Waals surface area contributed by atoms with Gasteiger partial charge in [-0.25, -0.2) is 4.79 Å². The van der Waals surface area contributed by atoms with Crippen molar-refractivity contribution in [2.24, 2.45) is 11.3 Å². The molecule has 29 heavy (non-hydrogen) atoms. The van der Waals surface area contributed by atoms with Crippen LogP contribution in [0.2, 0.25) is 0 Å². The van der Waals surface area contributed by atoms with E-state index in [4.69, 9.17) is 20.4 Å². The zero-order valence-electron chi connectivity index (χ0n) is 25.4. The van der Waals surface area contributed by atoms with Crippen LogP contribution in [0.25, 0.3) is 0 Å². The van der Waals surface area contributed by atoms with Crippen LogP contribution in [0, 0.1) is 11.3 Å². The molecule has 0 aromatic heterocycles. The molecular weight excluding hydrogens is 366 g/mol. The molecule has 1 aromatic carbocycles. The second kappa shape index (κ2) is 8.17. The predicted octanol–water partition coefficient (Wildman–Crippen LogP) is 5.37. The summed E-state index contributed by atoms with van der Waals surface area (Å²) in [5.74, 6) is 0.819. The topological polar surface area (TPSA) is 67.8 Å². The third-order valence-electron chi connectivity index (χ3n) is 5.77. The number of carbonyl (C=O) groups is 1. The molecule has 5 nitrogen and oxygen atoms in total. The van der Waals surface area contributed by atoms with Crippen molar-refractivity contribution in [3.63, 3.8) is 0 Å². The molecule has 3 saturated carbocycles. The summed E-state index contributed by atoms with van der Waals surface area (Å²) in [6.45, 7) is -4.02. The molecule has 1 unspecified atom stereocenters. The van der Waals surface area contributed by atoms with Gasteiger partial charge in [0.25, 0.3) is 0 Å². The molecule has 4 rings (SSSR count). The van der Waals surface area contributed by atoms with Crippen LogP contribution in [0.15, 0.2) is 24.3 Å². The Morgan fingerprint density at radius 2 is 1.83 bits per heavy atom. The van der Waals surface area contributed by atoms with E-state index in [1.54, 1.807) is 20.8 Å². The highest BCUT2D eigenvalue weighted by molar-refractivity contribution is 5.68. The van der Waals surface area contributed by atoms with Crippen LogP contribution in [0.4, 0.5) is 4.79 Å². The van der Waals surface area contributed by atoms with Gasteiger partial charge in [-0.1, -0.05) is 12.1 Å². The highest BCUT2D eigenvalue weighted by atomic mass is 16.6. The number of hydrogen-bond acceptors (Lipinski definition) is 4. The van der Waals surface area contributed by atoms with Gasteiger partial charge in [-0.2, -0.15) is 0 Å². The first-order valence-corrected chi connectivity index (χ1v) is 10.2. The first-order chi connectivity index (χ1) is 16.7. The minimum Gasteiger partial charge on any atom is -0.493 e. The average molecular weight is 412 g/mol. The van der Waals surface area contributed by atoms with Gasteiger partial charge in [0.15, 0.2) is 0 Å². The first kappa shape index (κ1) is 13.5. The lowest BCUT2D eigenvalue weighted by Crippen LogP contribution is -2.44. The third-order valence-corrected chi connectivity index (χ3v) is 5.77. The van der Waals surface area contributed by atoms with Crippen molar-refractivity contribution in [2.75, 3.05) is 6.56 Å². The SMILES string of the molecule is [2H]C([2H])([2H])C(O)(C(NC(=O)OC(C)(C)C)c1ccc(OC([2H])([2H])C23CCC(CC2)CC3)cc1)C([2H])([2H])[2H]. The van der Waals surface area contributed by atoms with Crippen LogP contribution in [0.5, 0.6) is 5.75 Å². The first-order valence-electron chi connectivity index (χ1n) is 14.2. The molecule has 0 aliphatic heterocycles. The summed E-state index contributed by atoms with van der Waals surface area (Å²) in [6, 6.07) is 3.47. The number of amides is 1. The van der Waals surface area contributed by atoms with E-state index < -0.39 is 49.0 Å². The monoisotopic (exact) mass is 411 g/mol. The number of nitrogens with one attached hydrogen (secondary N) is 1. The Hall–Kier alpha value is -1.75. The summed E-state index contributed by atoms with van der Waals surface area (Å²) in [5.41, 5.74) is -4.92. The fraction of sp³-hybridized carbons (Fsp3) is 0.708. The van der Waals surface area contributed by atoms with Gasteiger partial charge >= 0.3 is 6.09 Å². The van der Waals surface area contributed by atoms with Crippen molar-refractivity contribution in [2.45, 2.75) is 90.2 Å². The molecule has 5 heteroatoms. The molecule has 2 N–H and O–H groups in total. The number of carbonyl (C=O) groups excluding carboxylic acids is 1. The third kappa shape index (κ3) is 5.88. The fourth-order valence-electron chi connectivity index (χ4n) is 4.15. The lowest BCUT2D eigenvalue weighted by atomic mass is 9.61. The minimum atomic E-state index is -3.41. The van der Waals surface area contributed by atoms with Crippen LogP contribution in [0.3, 0.4) is 0 Å². The largest absolute Gasteiger partial charge is 0.493 e. The maximum atomic E-state index is 12.6. The summed E-state index contributed by atoms with van der Waals surface area (Å²) in [4.78, 5) is 12.6. The molecule has 1 aromatic rings. The van der Waals surface area contributed by atoms with E-state index in [0.29, 0.717) is 5.92 Å². The molecule has 3 fully saturated rings. The van der Waals surface area contributed by atoms with Gasteiger partial charge in [-0.15, -0.1) is 0 Å². The molecule has 2 bridgehead atoms. The fourth-order valence-corrected chi connectivity index (χ4v) is 4.15. The molecule has 3 aliphatic carbocycles. The Morgan fingerprint density at radius 1 is 1.24 bits per heavy atom. The van der Waals surface area contributed by atoms with E-state index in [-0.39, 0.29) is 11.3 Å². The van der Waals surface area contributed by atoms with Gasteiger partial charge in [0, 0.05) is 13.6 Å². The van der Waals surface area contributed by atoms with Crippen molar-refractivity contribution in [1.29, 1.82) is 0 Å². The Kier molecular flexibility index (Phi) is 3.81. The summed E-state index contributed by atoms with van der Waals surface area (Å²) < 4.78 is 75.3. The zero-order valence-corrected chi connectivity index (χ0v) is 17.4. The molecule has 1 amide bonds. The van der Waals surface area contributed by atoms with E-state index in [2.05, 4.69) is 5.32 Å². The van der Waals surface area contributed by atoms with Gasteiger partial charge < -0.3 is 19.9 Å². The molecule has 3 aliphatic rings. The van der Waals surface area contributed by atoms with E-state index in [0.717, 1.165) is 38.5 Å². The Labute approximate surface area is 186 Å². The maximum absolute atomic E-state index is 12.6. The number of rotatable bonds is 6. The second-order valence-electron chi connectivity index (χ2n) is 9.38. The van der Waals surface area contributed by atoms with Gasteiger partial charge in [-0.05, 0) is 96.6 Å². The number of fused-ring (bicyclic) bond motifs is 3. The summed E-state index contributed by atoms with van der Waals surface area (Å²) >= 11 is 0. The van der Waals surface area contributed by atoms with Crippen molar-refractivity contribution >= 4 is 6.09 Å². The smallest absolute Gasteiger partial charge is 0.408 e. The number of benzene rings is 1. The van der Waals surface area contributed by atoms with Crippen molar-refractivity contribution in [3.05, 3.63) is 29.8 Å². The number of aliphatic hydroxyl groups is 1. The lowest BCUT2D eigenvalue weighted by Gasteiger charge is -2.46. The van der Waals surface area contributed by atoms with Gasteiger partial charge in [0.2, 0.25) is 0 Å². The van der Waals surface area contributed by atoms with E-state index >= 15 is 0 Å². The highest BCUT2D eigenvalue weighted by Gasteiger charge is 2.41. The van der Waals surface area contributed by atoms with Crippen molar-refractivity contribution in [1.82, 2.24) is 5.32 Å². The van der Waals surface area contributed by atoms with Crippen LogP contribution in [-0.2, 0) is 4.74 Å². The van der Waals surface area contributed by atoms with Gasteiger partial charge in [0.1, 0.15) is 11.4 Å². The highest BCUT2D eigenvalue weighted by Crippen LogP contribution is 2.50. The van der Waals surface area contributed by atoms with Crippen LogP contribution in [0.1, 0.15) is 95.6 Å². The van der Waals surface area contributed by atoms with Crippen LogP contribution < -0.4 is 10.1 Å². The minimum absolute atomic E-state index is 0.0233. The van der Waals surface area contributed by atoms with E-state index in [9.17, 15) is 9.90 Å². The average Bonchev–Trinajstić information content (AvgIpc) is 2.76. The number of hydrogen-bond donors (Lipinski definition) is 2. The maximum Gasteiger partial charge on any atom is 0.408 e. The van der Waals surface area contributed by atoms with Gasteiger partial charge in [0.05, 0.1) is 20.9 Å².